The van der Waals surface area contributed by atoms with E-state index in [1.165, 1.54) is 12.1 Å². The molecule has 8 heteroatoms. The van der Waals surface area contributed by atoms with E-state index < -0.39 is 24.5 Å². The van der Waals surface area contributed by atoms with Gasteiger partial charge in [0, 0.05) is 5.56 Å². The van der Waals surface area contributed by atoms with Gasteiger partial charge in [-0.05, 0) is 34.1 Å². The number of alkyl halides is 3. The van der Waals surface area contributed by atoms with Crippen molar-refractivity contribution in [2.45, 2.75) is 6.18 Å². The summed E-state index contributed by atoms with van der Waals surface area (Å²) in [5, 5.41) is 0. The van der Waals surface area contributed by atoms with Crippen molar-refractivity contribution in [2.75, 3.05) is 6.61 Å². The highest BCUT2D eigenvalue weighted by atomic mass is 79.9. The Morgan fingerprint density at radius 1 is 1.41 bits per heavy atom. The topological polar surface area (TPSA) is 38.3 Å². The fraction of sp³-hybridized carbons (Fsp3) is 0.222. The summed E-state index contributed by atoms with van der Waals surface area (Å²) in [5.74, 6) is -1.66. The number of benzene rings is 1. The molecule has 0 spiro atoms. The van der Waals surface area contributed by atoms with Crippen molar-refractivity contribution in [3.63, 3.8) is 0 Å². The van der Waals surface area contributed by atoms with Gasteiger partial charge in [0.15, 0.2) is 6.61 Å². The summed E-state index contributed by atoms with van der Waals surface area (Å²) in [6.07, 6.45) is -4.54. The van der Waals surface area contributed by atoms with Crippen molar-refractivity contribution < 1.29 is 27.2 Å². The molecule has 1 rings (SSSR count). The molecule has 0 unspecified atom stereocenters. The Morgan fingerprint density at radius 2 is 2.06 bits per heavy atom. The number of rotatable bonds is 3. The lowest BCUT2D eigenvalue weighted by molar-refractivity contribution is -0.184. The summed E-state index contributed by atoms with van der Waals surface area (Å²) < 4.78 is 48.2. The molecule has 94 valence electrons. The predicted molar refractivity (Wildman–Crippen MR) is 53.6 cm³/mol. The van der Waals surface area contributed by atoms with E-state index in [2.05, 4.69) is 20.8 Å². The van der Waals surface area contributed by atoms with Crippen molar-refractivity contribution in [3.8, 4) is 0 Å². The highest BCUT2D eigenvalue weighted by Crippen LogP contribution is 2.17. The summed E-state index contributed by atoms with van der Waals surface area (Å²) in [7, 11) is 0. The first-order chi connectivity index (χ1) is 7.79. The second kappa shape index (κ2) is 5.46. The molecule has 17 heavy (non-hydrogen) atoms. The lowest BCUT2D eigenvalue weighted by atomic mass is 10.2. The molecule has 0 atom stereocenters. The number of halogens is 5. The Hall–Kier alpha value is -1.15. The molecule has 0 saturated carbocycles. The van der Waals surface area contributed by atoms with Crippen molar-refractivity contribution in [3.05, 3.63) is 34.1 Å². The molecule has 3 nitrogen and oxygen atoms in total. The molecule has 0 aliphatic heterocycles. The molecular formula is C9H6BrF4NO2. The largest absolute Gasteiger partial charge is 0.414 e. The number of nitrogens with one attached hydrogen (secondary N) is 1. The summed E-state index contributed by atoms with van der Waals surface area (Å²) in [5.41, 5.74) is 1.42. The van der Waals surface area contributed by atoms with Crippen LogP contribution >= 0.6 is 15.9 Å². The first-order valence-corrected chi connectivity index (χ1v) is 5.03. The van der Waals surface area contributed by atoms with Crippen LogP contribution in [0.3, 0.4) is 0 Å². The first kappa shape index (κ1) is 13.9. The SMILES string of the molecule is O=C(NOCC(F)(F)F)c1ccc(Br)c(F)c1. The van der Waals surface area contributed by atoms with Crippen LogP contribution < -0.4 is 5.48 Å². The molecule has 1 N–H and O–H groups in total. The van der Waals surface area contributed by atoms with E-state index in [1.807, 2.05) is 0 Å². The molecule has 0 aliphatic carbocycles. The Balaban J connectivity index is 2.56. The second-order valence-corrected chi connectivity index (χ2v) is 3.82. The van der Waals surface area contributed by atoms with Crippen LogP contribution in [0.5, 0.6) is 0 Å². The molecule has 0 heterocycles. The van der Waals surface area contributed by atoms with Gasteiger partial charge in [-0.15, -0.1) is 0 Å². The molecule has 1 amide bonds. The van der Waals surface area contributed by atoms with Gasteiger partial charge in [-0.3, -0.25) is 9.63 Å². The number of hydrogen-bond acceptors (Lipinski definition) is 2. The normalized spacial score (nSPS) is 11.4. The standard InChI is InChI=1S/C9H6BrF4NO2/c10-6-2-1-5(3-7(6)11)8(16)15-17-4-9(12,13)14/h1-3H,4H2,(H,15,16). The van der Waals surface area contributed by atoms with Gasteiger partial charge in [0.1, 0.15) is 5.82 Å². The first-order valence-electron chi connectivity index (χ1n) is 4.23. The van der Waals surface area contributed by atoms with Gasteiger partial charge in [-0.2, -0.15) is 13.2 Å². The van der Waals surface area contributed by atoms with E-state index in [-0.39, 0.29) is 10.0 Å². The third-order valence-corrected chi connectivity index (χ3v) is 2.23. The van der Waals surface area contributed by atoms with E-state index >= 15 is 0 Å². The Bertz CT molecular complexity index is 422. The van der Waals surface area contributed by atoms with Gasteiger partial charge in [-0.1, -0.05) is 0 Å². The summed E-state index contributed by atoms with van der Waals surface area (Å²) in [4.78, 5) is 15.1. The molecule has 0 fully saturated rings. The fourth-order valence-electron chi connectivity index (χ4n) is 0.880. The summed E-state index contributed by atoms with van der Waals surface area (Å²) in [6, 6.07) is 3.36. The number of hydroxylamine groups is 1. The Labute approximate surface area is 102 Å². The zero-order chi connectivity index (χ0) is 13.1. The highest BCUT2D eigenvalue weighted by molar-refractivity contribution is 9.10. The van der Waals surface area contributed by atoms with Crippen molar-refractivity contribution in [2.24, 2.45) is 0 Å². The highest BCUT2D eigenvalue weighted by Gasteiger charge is 2.28. The van der Waals surface area contributed by atoms with Crippen molar-refractivity contribution >= 4 is 21.8 Å². The van der Waals surface area contributed by atoms with Gasteiger partial charge >= 0.3 is 6.18 Å². The lowest BCUT2D eigenvalue weighted by Crippen LogP contribution is -2.29. The van der Waals surface area contributed by atoms with E-state index in [0.717, 1.165) is 6.07 Å². The second-order valence-electron chi connectivity index (χ2n) is 2.96. The van der Waals surface area contributed by atoms with Crippen LogP contribution in [0.25, 0.3) is 0 Å². The van der Waals surface area contributed by atoms with Crippen LogP contribution in [-0.4, -0.2) is 18.7 Å². The van der Waals surface area contributed by atoms with Crippen molar-refractivity contribution in [1.29, 1.82) is 0 Å². The Morgan fingerprint density at radius 3 is 2.59 bits per heavy atom. The average Bonchev–Trinajstić information content (AvgIpc) is 2.20. The van der Waals surface area contributed by atoms with Crippen molar-refractivity contribution in [1.82, 2.24) is 5.48 Å². The molecule has 0 saturated heterocycles. The maximum absolute atomic E-state index is 13.0. The fourth-order valence-corrected chi connectivity index (χ4v) is 1.13. The van der Waals surface area contributed by atoms with E-state index in [1.54, 1.807) is 5.48 Å². The molecule has 0 bridgehead atoms. The third-order valence-electron chi connectivity index (χ3n) is 1.58. The predicted octanol–water partition coefficient (Wildman–Crippen LogP) is 2.81. The number of amides is 1. The Kier molecular flexibility index (Phi) is 4.47. The third kappa shape index (κ3) is 4.70. The summed E-state index contributed by atoms with van der Waals surface area (Å²) >= 11 is 2.87. The summed E-state index contributed by atoms with van der Waals surface area (Å²) in [6.45, 7) is -1.61. The van der Waals surface area contributed by atoms with Crippen LogP contribution in [0.4, 0.5) is 17.6 Å². The zero-order valence-corrected chi connectivity index (χ0v) is 9.73. The number of hydrogen-bond donors (Lipinski definition) is 1. The van der Waals surface area contributed by atoms with E-state index in [0.29, 0.717) is 0 Å². The van der Waals surface area contributed by atoms with Crippen LogP contribution in [0, 0.1) is 5.82 Å². The van der Waals surface area contributed by atoms with Gasteiger partial charge in [0.05, 0.1) is 4.47 Å². The molecule has 1 aromatic rings. The van der Waals surface area contributed by atoms with Gasteiger partial charge in [-0.25, -0.2) is 9.87 Å². The maximum atomic E-state index is 13.0. The monoisotopic (exact) mass is 315 g/mol. The minimum atomic E-state index is -4.54. The minimum absolute atomic E-state index is 0.144. The molecule has 0 aliphatic rings. The number of carbonyl (C=O) groups excluding carboxylic acids is 1. The molecule has 0 radical (unpaired) electrons. The minimum Gasteiger partial charge on any atom is -0.267 e. The van der Waals surface area contributed by atoms with Gasteiger partial charge < -0.3 is 0 Å². The molecular weight excluding hydrogens is 310 g/mol. The van der Waals surface area contributed by atoms with E-state index in [4.69, 9.17) is 0 Å². The van der Waals surface area contributed by atoms with E-state index in [9.17, 15) is 22.4 Å². The number of carbonyl (C=O) groups is 1. The maximum Gasteiger partial charge on any atom is 0.414 e. The van der Waals surface area contributed by atoms with Crippen LogP contribution in [0.1, 0.15) is 10.4 Å². The lowest BCUT2D eigenvalue weighted by Gasteiger charge is -2.08. The van der Waals surface area contributed by atoms with Gasteiger partial charge in [0.25, 0.3) is 5.91 Å². The average molecular weight is 316 g/mol. The smallest absolute Gasteiger partial charge is 0.267 e. The van der Waals surface area contributed by atoms with Gasteiger partial charge in [0.2, 0.25) is 0 Å². The zero-order valence-electron chi connectivity index (χ0n) is 8.15. The van der Waals surface area contributed by atoms with Crippen LogP contribution in [0.2, 0.25) is 0 Å². The van der Waals surface area contributed by atoms with Crippen LogP contribution in [0.15, 0.2) is 22.7 Å². The molecule has 1 aromatic carbocycles. The molecule has 0 aromatic heterocycles. The van der Waals surface area contributed by atoms with Crippen LogP contribution in [-0.2, 0) is 4.84 Å². The quantitative estimate of drug-likeness (QED) is 0.688.